The maximum absolute atomic E-state index is 11.2. The standard InChI is InChI=1S/C22H23NO3/c1-16(2)22(24)26-12-11-25-10-9-23-21-8-7-19-13-17-5-3-4-6-18(17)14-20(19)15-21/h3-8,13-15,23H,1,9-12H2,2H3. The Bertz CT molecular complexity index is 933. The zero-order valence-corrected chi connectivity index (χ0v) is 15.0. The van der Waals surface area contributed by atoms with Gasteiger partial charge >= 0.3 is 5.97 Å². The number of nitrogens with one attached hydrogen (secondary N) is 1. The van der Waals surface area contributed by atoms with Gasteiger partial charge in [0.1, 0.15) is 6.61 Å². The van der Waals surface area contributed by atoms with Crippen LogP contribution in [-0.2, 0) is 14.3 Å². The molecule has 1 N–H and O–H groups in total. The zero-order chi connectivity index (χ0) is 18.4. The van der Waals surface area contributed by atoms with Crippen LogP contribution in [-0.4, -0.2) is 32.3 Å². The molecule has 0 aliphatic heterocycles. The van der Waals surface area contributed by atoms with Gasteiger partial charge in [0.05, 0.1) is 13.2 Å². The fourth-order valence-corrected chi connectivity index (χ4v) is 2.74. The predicted octanol–water partition coefficient (Wildman–Crippen LogP) is 4.54. The lowest BCUT2D eigenvalue weighted by Gasteiger charge is -2.09. The molecule has 0 radical (unpaired) electrons. The van der Waals surface area contributed by atoms with Crippen molar-refractivity contribution in [2.24, 2.45) is 0 Å². The molecule has 3 rings (SSSR count). The Hall–Kier alpha value is -2.85. The molecule has 0 unspecified atom stereocenters. The van der Waals surface area contributed by atoms with E-state index in [9.17, 15) is 4.79 Å². The SMILES string of the molecule is C=C(C)C(=O)OCCOCCNc1ccc2cc3ccccc3cc2c1. The summed E-state index contributed by atoms with van der Waals surface area (Å²) < 4.78 is 10.4. The minimum absolute atomic E-state index is 0.245. The van der Waals surface area contributed by atoms with E-state index in [1.807, 2.05) is 0 Å². The van der Waals surface area contributed by atoms with Crippen molar-refractivity contribution in [2.45, 2.75) is 6.92 Å². The number of fused-ring (bicyclic) bond motifs is 2. The number of rotatable bonds is 8. The summed E-state index contributed by atoms with van der Waals surface area (Å²) in [5.41, 5.74) is 1.46. The minimum Gasteiger partial charge on any atom is -0.460 e. The number of hydrogen-bond acceptors (Lipinski definition) is 4. The highest BCUT2D eigenvalue weighted by atomic mass is 16.6. The largest absolute Gasteiger partial charge is 0.460 e. The number of anilines is 1. The first-order chi connectivity index (χ1) is 12.6. The topological polar surface area (TPSA) is 47.6 Å². The van der Waals surface area contributed by atoms with Crippen LogP contribution in [0, 0.1) is 0 Å². The van der Waals surface area contributed by atoms with E-state index in [1.165, 1.54) is 21.5 Å². The number of carbonyl (C=O) groups excluding carboxylic acids is 1. The number of hydrogen-bond donors (Lipinski definition) is 1. The Morgan fingerprint density at radius 1 is 0.923 bits per heavy atom. The van der Waals surface area contributed by atoms with E-state index in [0.717, 1.165) is 5.69 Å². The molecule has 134 valence electrons. The van der Waals surface area contributed by atoms with E-state index < -0.39 is 0 Å². The number of esters is 1. The van der Waals surface area contributed by atoms with Gasteiger partial charge in [-0.25, -0.2) is 4.79 Å². The van der Waals surface area contributed by atoms with Crippen molar-refractivity contribution in [3.05, 3.63) is 66.7 Å². The van der Waals surface area contributed by atoms with Crippen LogP contribution in [0.2, 0.25) is 0 Å². The lowest BCUT2D eigenvalue weighted by atomic mass is 10.0. The van der Waals surface area contributed by atoms with Gasteiger partial charge in [0, 0.05) is 17.8 Å². The summed E-state index contributed by atoms with van der Waals surface area (Å²) in [6, 6.07) is 19.1. The van der Waals surface area contributed by atoms with E-state index >= 15 is 0 Å². The average molecular weight is 349 g/mol. The number of carbonyl (C=O) groups is 1. The van der Waals surface area contributed by atoms with Gasteiger partial charge in [-0.2, -0.15) is 0 Å². The fraction of sp³-hybridized carbons (Fsp3) is 0.227. The van der Waals surface area contributed by atoms with Crippen LogP contribution in [0.1, 0.15) is 6.92 Å². The molecular weight excluding hydrogens is 326 g/mol. The molecular formula is C22H23NO3. The number of ether oxygens (including phenoxy) is 2. The van der Waals surface area contributed by atoms with Gasteiger partial charge < -0.3 is 14.8 Å². The molecule has 0 aliphatic carbocycles. The van der Waals surface area contributed by atoms with Gasteiger partial charge in [-0.15, -0.1) is 0 Å². The van der Waals surface area contributed by atoms with Crippen molar-refractivity contribution >= 4 is 33.2 Å². The molecule has 0 fully saturated rings. The highest BCUT2D eigenvalue weighted by Gasteiger charge is 2.02. The summed E-state index contributed by atoms with van der Waals surface area (Å²) >= 11 is 0. The Labute approximate surface area is 153 Å². The van der Waals surface area contributed by atoms with Crippen molar-refractivity contribution in [1.82, 2.24) is 0 Å². The summed E-state index contributed by atoms with van der Waals surface area (Å²) in [5, 5.41) is 8.28. The van der Waals surface area contributed by atoms with E-state index in [4.69, 9.17) is 9.47 Å². The maximum Gasteiger partial charge on any atom is 0.333 e. The molecule has 26 heavy (non-hydrogen) atoms. The van der Waals surface area contributed by atoms with Gasteiger partial charge in [0.25, 0.3) is 0 Å². The van der Waals surface area contributed by atoms with Crippen LogP contribution in [0.5, 0.6) is 0 Å². The normalized spacial score (nSPS) is 10.8. The summed E-state index contributed by atoms with van der Waals surface area (Å²) in [6.07, 6.45) is 0. The Balaban J connectivity index is 1.48. The lowest BCUT2D eigenvalue weighted by molar-refractivity contribution is -0.140. The van der Waals surface area contributed by atoms with E-state index in [-0.39, 0.29) is 12.6 Å². The summed E-state index contributed by atoms with van der Waals surface area (Å²) in [7, 11) is 0. The Morgan fingerprint density at radius 2 is 1.62 bits per heavy atom. The summed E-state index contributed by atoms with van der Waals surface area (Å²) in [6.45, 7) is 7.01. The van der Waals surface area contributed by atoms with E-state index in [2.05, 4.69) is 66.5 Å². The zero-order valence-electron chi connectivity index (χ0n) is 15.0. The molecule has 0 aromatic heterocycles. The van der Waals surface area contributed by atoms with Gasteiger partial charge in [-0.05, 0) is 52.7 Å². The molecule has 0 saturated carbocycles. The average Bonchev–Trinajstić information content (AvgIpc) is 2.65. The third kappa shape index (κ3) is 4.61. The van der Waals surface area contributed by atoms with Gasteiger partial charge in [0.2, 0.25) is 0 Å². The third-order valence-electron chi connectivity index (χ3n) is 4.09. The van der Waals surface area contributed by atoms with Crippen LogP contribution >= 0.6 is 0 Å². The van der Waals surface area contributed by atoms with E-state index in [0.29, 0.717) is 25.3 Å². The first kappa shape index (κ1) is 18.0. The smallest absolute Gasteiger partial charge is 0.333 e. The Morgan fingerprint density at radius 3 is 2.35 bits per heavy atom. The molecule has 4 heteroatoms. The third-order valence-corrected chi connectivity index (χ3v) is 4.09. The van der Waals surface area contributed by atoms with Crippen LogP contribution in [0.15, 0.2) is 66.7 Å². The molecule has 3 aromatic rings. The molecule has 3 aromatic carbocycles. The van der Waals surface area contributed by atoms with Crippen LogP contribution in [0.25, 0.3) is 21.5 Å². The first-order valence-electron chi connectivity index (χ1n) is 8.70. The maximum atomic E-state index is 11.2. The second-order valence-corrected chi connectivity index (χ2v) is 6.22. The molecule has 0 saturated heterocycles. The van der Waals surface area contributed by atoms with Crippen molar-refractivity contribution in [2.75, 3.05) is 31.7 Å². The molecule has 0 bridgehead atoms. The molecule has 4 nitrogen and oxygen atoms in total. The number of benzene rings is 3. The van der Waals surface area contributed by atoms with Gasteiger partial charge in [0.15, 0.2) is 0 Å². The molecule has 0 atom stereocenters. The second-order valence-electron chi connectivity index (χ2n) is 6.22. The highest BCUT2D eigenvalue weighted by molar-refractivity contribution is 5.99. The fourth-order valence-electron chi connectivity index (χ4n) is 2.74. The highest BCUT2D eigenvalue weighted by Crippen LogP contribution is 2.25. The lowest BCUT2D eigenvalue weighted by Crippen LogP contribution is -2.14. The Kier molecular flexibility index (Phi) is 5.87. The van der Waals surface area contributed by atoms with Gasteiger partial charge in [-0.3, -0.25) is 0 Å². The second kappa shape index (κ2) is 8.50. The predicted molar refractivity (Wildman–Crippen MR) is 107 cm³/mol. The molecule has 0 amide bonds. The minimum atomic E-state index is -0.379. The first-order valence-corrected chi connectivity index (χ1v) is 8.70. The van der Waals surface area contributed by atoms with Crippen molar-refractivity contribution < 1.29 is 14.3 Å². The summed E-state index contributed by atoms with van der Waals surface area (Å²) in [5.74, 6) is -0.379. The van der Waals surface area contributed by atoms with Crippen molar-refractivity contribution in [3.8, 4) is 0 Å². The van der Waals surface area contributed by atoms with Crippen molar-refractivity contribution in [3.63, 3.8) is 0 Å². The van der Waals surface area contributed by atoms with Crippen LogP contribution in [0.4, 0.5) is 5.69 Å². The van der Waals surface area contributed by atoms with E-state index in [1.54, 1.807) is 6.92 Å². The molecule has 0 spiro atoms. The van der Waals surface area contributed by atoms with Crippen molar-refractivity contribution in [1.29, 1.82) is 0 Å². The van der Waals surface area contributed by atoms with Gasteiger partial charge in [-0.1, -0.05) is 36.9 Å². The molecule has 0 heterocycles. The van der Waals surface area contributed by atoms with Crippen LogP contribution < -0.4 is 5.32 Å². The monoisotopic (exact) mass is 349 g/mol. The molecule has 0 aliphatic rings. The quantitative estimate of drug-likeness (QED) is 0.281. The van der Waals surface area contributed by atoms with Crippen LogP contribution in [0.3, 0.4) is 0 Å². The summed E-state index contributed by atoms with van der Waals surface area (Å²) in [4.78, 5) is 11.2.